The number of carbonyl (C=O) groups is 2. The van der Waals surface area contributed by atoms with Gasteiger partial charge in [0.15, 0.2) is 0 Å². The third kappa shape index (κ3) is 4.54. The number of hydrogen-bond acceptors (Lipinski definition) is 5. The Morgan fingerprint density at radius 2 is 1.95 bits per heavy atom. The lowest BCUT2D eigenvalue weighted by atomic mass is 10.1. The van der Waals surface area contributed by atoms with E-state index in [-0.39, 0.29) is 5.91 Å². The van der Waals surface area contributed by atoms with Crippen LogP contribution in [0.5, 0.6) is 0 Å². The van der Waals surface area contributed by atoms with E-state index in [9.17, 15) is 9.59 Å². The number of nitrogens with one attached hydrogen (secondary N) is 1. The molecule has 0 aliphatic heterocycles. The molecular weight excluding hydrogens is 276 g/mol. The van der Waals surface area contributed by atoms with Gasteiger partial charge in [-0.1, -0.05) is 18.2 Å². The van der Waals surface area contributed by atoms with Crippen molar-refractivity contribution >= 4 is 23.6 Å². The van der Waals surface area contributed by atoms with E-state index in [4.69, 9.17) is 5.73 Å². The Kier molecular flexibility index (Phi) is 6.04. The molecule has 1 rings (SSSR count). The second-order valence-corrected chi connectivity index (χ2v) is 6.39. The van der Waals surface area contributed by atoms with Crippen LogP contribution in [0, 0.1) is 0 Å². The molecule has 110 valence electrons. The molecule has 5 nitrogen and oxygen atoms in total. The van der Waals surface area contributed by atoms with Crippen molar-refractivity contribution < 1.29 is 14.3 Å². The van der Waals surface area contributed by atoms with E-state index >= 15 is 0 Å². The summed E-state index contributed by atoms with van der Waals surface area (Å²) in [5.74, 6) is -0.247. The minimum atomic E-state index is -0.744. The fourth-order valence-electron chi connectivity index (χ4n) is 1.48. The quantitative estimate of drug-likeness (QED) is 0.612. The van der Waals surface area contributed by atoms with E-state index in [2.05, 4.69) is 10.1 Å². The summed E-state index contributed by atoms with van der Waals surface area (Å²) in [6.45, 7) is 3.68. The minimum Gasteiger partial charge on any atom is -0.468 e. The Morgan fingerprint density at radius 1 is 1.35 bits per heavy atom. The number of carbonyl (C=O) groups excluding carboxylic acids is 2. The summed E-state index contributed by atoms with van der Waals surface area (Å²) in [6, 6.07) is 8.20. The average molecular weight is 296 g/mol. The lowest BCUT2D eigenvalue weighted by Gasteiger charge is -2.28. The molecule has 3 N–H and O–H groups in total. The molecular formula is C14H20N2O3S. The highest BCUT2D eigenvalue weighted by Gasteiger charge is 2.33. The molecule has 1 atom stereocenters. The largest absolute Gasteiger partial charge is 0.468 e. The zero-order valence-corrected chi connectivity index (χ0v) is 12.7. The van der Waals surface area contributed by atoms with Gasteiger partial charge in [-0.05, 0) is 26.0 Å². The van der Waals surface area contributed by atoms with Gasteiger partial charge >= 0.3 is 5.97 Å². The Labute approximate surface area is 123 Å². The standard InChI is InChI=1S/C14H20N2O3S/c1-14(2,11(15)13(18)19-3)20-9-16-12(17)10-7-5-4-6-8-10/h4-8,11H,9,15H2,1-3H3,(H,16,17)/t11-/m0/s1. The van der Waals surface area contributed by atoms with E-state index in [0.29, 0.717) is 11.4 Å². The monoisotopic (exact) mass is 296 g/mol. The van der Waals surface area contributed by atoms with Crippen LogP contribution in [0.1, 0.15) is 24.2 Å². The van der Waals surface area contributed by atoms with Crippen molar-refractivity contribution in [1.29, 1.82) is 0 Å². The first-order valence-corrected chi connectivity index (χ1v) is 7.17. The summed E-state index contributed by atoms with van der Waals surface area (Å²) in [7, 11) is 1.31. The van der Waals surface area contributed by atoms with Crippen molar-refractivity contribution in [3.8, 4) is 0 Å². The van der Waals surface area contributed by atoms with Gasteiger partial charge in [0.05, 0.1) is 13.0 Å². The van der Waals surface area contributed by atoms with E-state index in [0.717, 1.165) is 0 Å². The fourth-order valence-corrected chi connectivity index (χ4v) is 2.33. The van der Waals surface area contributed by atoms with Crippen LogP contribution in [0.4, 0.5) is 0 Å². The Bertz CT molecular complexity index is 463. The Morgan fingerprint density at radius 3 is 2.50 bits per heavy atom. The molecule has 0 fully saturated rings. The number of hydrogen-bond donors (Lipinski definition) is 2. The van der Waals surface area contributed by atoms with E-state index in [1.807, 2.05) is 19.9 Å². The van der Waals surface area contributed by atoms with Crippen LogP contribution in [-0.2, 0) is 9.53 Å². The average Bonchev–Trinajstić information content (AvgIpc) is 2.46. The normalized spacial score (nSPS) is 12.6. The third-order valence-corrected chi connectivity index (χ3v) is 4.20. The summed E-state index contributed by atoms with van der Waals surface area (Å²) in [6.07, 6.45) is 0. The first-order chi connectivity index (χ1) is 9.38. The van der Waals surface area contributed by atoms with E-state index < -0.39 is 16.8 Å². The van der Waals surface area contributed by atoms with Gasteiger partial charge in [0.25, 0.3) is 5.91 Å². The van der Waals surface area contributed by atoms with Gasteiger partial charge in [-0.2, -0.15) is 0 Å². The lowest BCUT2D eigenvalue weighted by Crippen LogP contribution is -2.48. The maximum Gasteiger partial charge on any atom is 0.324 e. The molecule has 0 spiro atoms. The summed E-state index contributed by atoms with van der Waals surface area (Å²) < 4.78 is 4.10. The third-order valence-electron chi connectivity index (χ3n) is 2.92. The molecule has 6 heteroatoms. The van der Waals surface area contributed by atoms with Crippen LogP contribution in [0.2, 0.25) is 0 Å². The highest BCUT2D eigenvalue weighted by Crippen LogP contribution is 2.26. The molecule has 0 saturated heterocycles. The van der Waals surface area contributed by atoms with Gasteiger partial charge < -0.3 is 15.8 Å². The second kappa shape index (κ2) is 7.31. The molecule has 0 bridgehead atoms. The van der Waals surface area contributed by atoms with Crippen molar-refractivity contribution in [3.05, 3.63) is 35.9 Å². The van der Waals surface area contributed by atoms with Crippen molar-refractivity contribution in [2.45, 2.75) is 24.6 Å². The van der Waals surface area contributed by atoms with E-state index in [1.54, 1.807) is 24.3 Å². The van der Waals surface area contributed by atoms with Crippen molar-refractivity contribution in [2.24, 2.45) is 5.73 Å². The van der Waals surface area contributed by atoms with Gasteiger partial charge in [-0.15, -0.1) is 11.8 Å². The molecule has 0 aliphatic carbocycles. The first kappa shape index (κ1) is 16.5. The maximum absolute atomic E-state index is 11.8. The van der Waals surface area contributed by atoms with Crippen LogP contribution in [0.25, 0.3) is 0 Å². The predicted octanol–water partition coefficient (Wildman–Crippen LogP) is 1.39. The SMILES string of the molecule is COC(=O)[C@H](N)C(C)(C)SCNC(=O)c1ccccc1. The molecule has 0 aromatic heterocycles. The lowest BCUT2D eigenvalue weighted by molar-refractivity contribution is -0.142. The summed E-state index contributed by atoms with van der Waals surface area (Å²) >= 11 is 1.40. The zero-order chi connectivity index (χ0) is 15.2. The summed E-state index contributed by atoms with van der Waals surface area (Å²) in [4.78, 5) is 23.3. The molecule has 1 amide bonds. The number of rotatable bonds is 6. The second-order valence-electron chi connectivity index (χ2n) is 4.76. The van der Waals surface area contributed by atoms with Gasteiger partial charge in [0.1, 0.15) is 6.04 Å². The summed E-state index contributed by atoms with van der Waals surface area (Å²) in [5.41, 5.74) is 6.43. The predicted molar refractivity (Wildman–Crippen MR) is 80.4 cm³/mol. The van der Waals surface area contributed by atoms with E-state index in [1.165, 1.54) is 18.9 Å². The van der Waals surface area contributed by atoms with Gasteiger partial charge in [-0.25, -0.2) is 0 Å². The van der Waals surface area contributed by atoms with Crippen LogP contribution >= 0.6 is 11.8 Å². The smallest absolute Gasteiger partial charge is 0.324 e. The molecule has 0 radical (unpaired) electrons. The van der Waals surface area contributed by atoms with Gasteiger partial charge in [0.2, 0.25) is 0 Å². The maximum atomic E-state index is 11.8. The molecule has 20 heavy (non-hydrogen) atoms. The fraction of sp³-hybridized carbons (Fsp3) is 0.429. The molecule has 0 unspecified atom stereocenters. The van der Waals surface area contributed by atoms with Crippen LogP contribution in [0.15, 0.2) is 30.3 Å². The zero-order valence-electron chi connectivity index (χ0n) is 11.9. The topological polar surface area (TPSA) is 81.4 Å². The van der Waals surface area contributed by atoms with Crippen molar-refractivity contribution in [1.82, 2.24) is 5.32 Å². The Balaban J connectivity index is 2.47. The number of amides is 1. The molecule has 1 aromatic carbocycles. The minimum absolute atomic E-state index is 0.152. The number of thioether (sulfide) groups is 1. The van der Waals surface area contributed by atoms with Crippen molar-refractivity contribution in [2.75, 3.05) is 13.0 Å². The number of ether oxygens (including phenoxy) is 1. The van der Waals surface area contributed by atoms with Crippen LogP contribution in [-0.4, -0.2) is 35.7 Å². The highest BCUT2D eigenvalue weighted by atomic mass is 32.2. The Hall–Kier alpha value is -1.53. The first-order valence-electron chi connectivity index (χ1n) is 6.19. The van der Waals surface area contributed by atoms with Gasteiger partial charge in [-0.3, -0.25) is 9.59 Å². The van der Waals surface area contributed by atoms with Crippen LogP contribution < -0.4 is 11.1 Å². The molecule has 1 aromatic rings. The van der Waals surface area contributed by atoms with Crippen molar-refractivity contribution in [3.63, 3.8) is 0 Å². The number of methoxy groups -OCH3 is 1. The number of esters is 1. The molecule has 0 saturated carbocycles. The number of nitrogens with two attached hydrogens (primary N) is 1. The molecule has 0 aliphatic rings. The summed E-state index contributed by atoms with van der Waals surface area (Å²) in [5, 5.41) is 2.78. The highest BCUT2D eigenvalue weighted by molar-refractivity contribution is 8.00. The van der Waals surface area contributed by atoms with Gasteiger partial charge in [0, 0.05) is 10.3 Å². The molecule has 0 heterocycles. The van der Waals surface area contributed by atoms with Crippen LogP contribution in [0.3, 0.4) is 0 Å². The number of benzene rings is 1.